The SMILES string of the molecule is O=Cc1ccc(-c2ccc(Cl)cc2Cl)cc1[N+](=O)[O-]. The second kappa shape index (κ2) is 5.38. The molecular formula is C13H7Cl2NO3. The molecule has 19 heavy (non-hydrogen) atoms. The Bertz CT molecular complexity index is 671. The van der Waals surface area contributed by atoms with Crippen molar-refractivity contribution in [3.8, 4) is 11.1 Å². The molecule has 2 aromatic rings. The zero-order chi connectivity index (χ0) is 14.0. The van der Waals surface area contributed by atoms with Gasteiger partial charge in [0.1, 0.15) is 0 Å². The topological polar surface area (TPSA) is 60.2 Å². The predicted octanol–water partition coefficient (Wildman–Crippen LogP) is 4.38. The van der Waals surface area contributed by atoms with Crippen LogP contribution in [0.3, 0.4) is 0 Å². The van der Waals surface area contributed by atoms with Crippen LogP contribution >= 0.6 is 23.2 Å². The standard InChI is InChI=1S/C13H7Cl2NO3/c14-10-3-4-11(12(15)6-10)8-1-2-9(7-17)13(5-8)16(18)19/h1-7H. The van der Waals surface area contributed by atoms with Gasteiger partial charge in [0.15, 0.2) is 6.29 Å². The minimum absolute atomic E-state index is 0.0267. The number of rotatable bonds is 3. The molecule has 0 spiro atoms. The van der Waals surface area contributed by atoms with Crippen LogP contribution in [0.25, 0.3) is 11.1 Å². The van der Waals surface area contributed by atoms with E-state index >= 15 is 0 Å². The van der Waals surface area contributed by atoms with Crippen LogP contribution in [-0.2, 0) is 0 Å². The van der Waals surface area contributed by atoms with Crippen molar-refractivity contribution in [3.05, 3.63) is 62.1 Å². The number of nitro benzene ring substituents is 1. The van der Waals surface area contributed by atoms with E-state index in [-0.39, 0.29) is 11.3 Å². The Morgan fingerprint density at radius 2 is 1.84 bits per heavy atom. The summed E-state index contributed by atoms with van der Waals surface area (Å²) in [6, 6.07) is 9.18. The van der Waals surface area contributed by atoms with Gasteiger partial charge in [-0.05, 0) is 23.8 Å². The molecule has 0 N–H and O–H groups in total. The number of carbonyl (C=O) groups excluding carboxylic acids is 1. The Hall–Kier alpha value is -1.91. The van der Waals surface area contributed by atoms with Crippen LogP contribution in [0.5, 0.6) is 0 Å². The third kappa shape index (κ3) is 2.75. The molecule has 96 valence electrons. The molecule has 0 amide bonds. The molecule has 0 aliphatic rings. The number of nitrogens with zero attached hydrogens (tertiary/aromatic N) is 1. The highest BCUT2D eigenvalue weighted by molar-refractivity contribution is 6.36. The molecule has 0 radical (unpaired) electrons. The predicted molar refractivity (Wildman–Crippen MR) is 73.9 cm³/mol. The van der Waals surface area contributed by atoms with Gasteiger partial charge in [-0.15, -0.1) is 0 Å². The maximum absolute atomic E-state index is 10.9. The van der Waals surface area contributed by atoms with Crippen LogP contribution in [0.15, 0.2) is 36.4 Å². The Morgan fingerprint density at radius 1 is 1.11 bits per heavy atom. The van der Waals surface area contributed by atoms with Crippen molar-refractivity contribution < 1.29 is 9.72 Å². The fraction of sp³-hybridized carbons (Fsp3) is 0. The summed E-state index contributed by atoms with van der Waals surface area (Å²) < 4.78 is 0. The average molecular weight is 296 g/mol. The molecule has 0 unspecified atom stereocenters. The molecule has 6 heteroatoms. The Balaban J connectivity index is 2.60. The summed E-state index contributed by atoms with van der Waals surface area (Å²) >= 11 is 11.8. The highest BCUT2D eigenvalue weighted by atomic mass is 35.5. The summed E-state index contributed by atoms with van der Waals surface area (Å²) in [5, 5.41) is 11.8. The summed E-state index contributed by atoms with van der Waals surface area (Å²) in [6.07, 6.45) is 0.450. The summed E-state index contributed by atoms with van der Waals surface area (Å²) in [5.41, 5.74) is 0.947. The van der Waals surface area contributed by atoms with E-state index in [9.17, 15) is 14.9 Å². The number of benzene rings is 2. The van der Waals surface area contributed by atoms with Crippen molar-refractivity contribution >= 4 is 35.2 Å². The van der Waals surface area contributed by atoms with Gasteiger partial charge >= 0.3 is 0 Å². The van der Waals surface area contributed by atoms with Gasteiger partial charge in [0.25, 0.3) is 5.69 Å². The summed E-state index contributed by atoms with van der Waals surface area (Å²) in [7, 11) is 0. The van der Waals surface area contributed by atoms with Gasteiger partial charge in [-0.25, -0.2) is 0 Å². The van der Waals surface area contributed by atoms with E-state index in [2.05, 4.69) is 0 Å². The number of nitro groups is 1. The van der Waals surface area contributed by atoms with Crippen LogP contribution in [-0.4, -0.2) is 11.2 Å². The van der Waals surface area contributed by atoms with Gasteiger partial charge in [0.2, 0.25) is 0 Å². The largest absolute Gasteiger partial charge is 0.298 e. The molecule has 0 saturated heterocycles. The number of hydrogen-bond acceptors (Lipinski definition) is 3. The number of carbonyl (C=O) groups is 1. The van der Waals surface area contributed by atoms with Gasteiger partial charge in [0.05, 0.1) is 10.5 Å². The highest BCUT2D eigenvalue weighted by Crippen LogP contribution is 2.33. The molecule has 0 bridgehead atoms. The molecule has 2 aromatic carbocycles. The first kappa shape index (κ1) is 13.5. The molecule has 0 saturated carbocycles. The minimum Gasteiger partial charge on any atom is -0.298 e. The lowest BCUT2D eigenvalue weighted by molar-refractivity contribution is -0.385. The van der Waals surface area contributed by atoms with Crippen molar-refractivity contribution in [2.75, 3.05) is 0 Å². The van der Waals surface area contributed by atoms with E-state index in [0.717, 1.165) is 0 Å². The fourth-order valence-corrected chi connectivity index (χ4v) is 2.21. The average Bonchev–Trinajstić information content (AvgIpc) is 2.38. The number of halogens is 2. The van der Waals surface area contributed by atoms with Crippen molar-refractivity contribution in [2.24, 2.45) is 0 Å². The monoisotopic (exact) mass is 295 g/mol. The minimum atomic E-state index is -0.600. The first-order chi connectivity index (χ1) is 9.02. The van der Waals surface area contributed by atoms with Crippen LogP contribution in [0.1, 0.15) is 10.4 Å². The molecule has 0 aromatic heterocycles. The quantitative estimate of drug-likeness (QED) is 0.479. The third-order valence-electron chi connectivity index (χ3n) is 2.60. The molecule has 0 heterocycles. The molecule has 0 atom stereocenters. The smallest absolute Gasteiger partial charge is 0.280 e. The van der Waals surface area contributed by atoms with E-state index in [1.807, 2.05) is 0 Å². The molecule has 0 fully saturated rings. The Labute approximate surface area is 118 Å². The third-order valence-corrected chi connectivity index (χ3v) is 3.14. The summed E-state index contributed by atoms with van der Waals surface area (Å²) in [6.45, 7) is 0. The van der Waals surface area contributed by atoms with E-state index in [0.29, 0.717) is 27.5 Å². The number of aldehydes is 1. The lowest BCUT2D eigenvalue weighted by Gasteiger charge is -2.06. The lowest BCUT2D eigenvalue weighted by atomic mass is 10.0. The zero-order valence-electron chi connectivity index (χ0n) is 9.47. The highest BCUT2D eigenvalue weighted by Gasteiger charge is 2.15. The molecule has 0 aliphatic heterocycles. The van der Waals surface area contributed by atoms with Gasteiger partial charge in [0, 0.05) is 21.7 Å². The van der Waals surface area contributed by atoms with Crippen molar-refractivity contribution in [1.29, 1.82) is 0 Å². The van der Waals surface area contributed by atoms with Crippen LogP contribution in [0, 0.1) is 10.1 Å². The first-order valence-electron chi connectivity index (χ1n) is 5.22. The summed E-state index contributed by atoms with van der Waals surface area (Å²) in [5.74, 6) is 0. The zero-order valence-corrected chi connectivity index (χ0v) is 11.0. The molecule has 0 aliphatic carbocycles. The fourth-order valence-electron chi connectivity index (χ4n) is 1.69. The van der Waals surface area contributed by atoms with E-state index in [1.165, 1.54) is 12.1 Å². The van der Waals surface area contributed by atoms with Gasteiger partial charge in [-0.3, -0.25) is 14.9 Å². The normalized spacial score (nSPS) is 10.2. The van der Waals surface area contributed by atoms with Gasteiger partial charge < -0.3 is 0 Å². The maximum atomic E-state index is 10.9. The van der Waals surface area contributed by atoms with Gasteiger partial charge in [-0.2, -0.15) is 0 Å². The van der Waals surface area contributed by atoms with Crippen molar-refractivity contribution in [3.63, 3.8) is 0 Å². The lowest BCUT2D eigenvalue weighted by Crippen LogP contribution is -1.95. The molecule has 2 rings (SSSR count). The Kier molecular flexibility index (Phi) is 3.83. The van der Waals surface area contributed by atoms with Crippen molar-refractivity contribution in [2.45, 2.75) is 0 Å². The van der Waals surface area contributed by atoms with Crippen LogP contribution in [0.2, 0.25) is 10.0 Å². The summed E-state index contributed by atoms with van der Waals surface area (Å²) in [4.78, 5) is 21.0. The van der Waals surface area contributed by atoms with E-state index in [1.54, 1.807) is 24.3 Å². The van der Waals surface area contributed by atoms with E-state index < -0.39 is 4.92 Å². The number of hydrogen-bond donors (Lipinski definition) is 0. The molecule has 4 nitrogen and oxygen atoms in total. The second-order valence-corrected chi connectivity index (χ2v) is 4.62. The maximum Gasteiger partial charge on any atom is 0.280 e. The van der Waals surface area contributed by atoms with Gasteiger partial charge in [-0.1, -0.05) is 35.3 Å². The second-order valence-electron chi connectivity index (χ2n) is 3.77. The van der Waals surface area contributed by atoms with Crippen LogP contribution in [0.4, 0.5) is 5.69 Å². The van der Waals surface area contributed by atoms with Crippen LogP contribution < -0.4 is 0 Å². The van der Waals surface area contributed by atoms with Crippen molar-refractivity contribution in [1.82, 2.24) is 0 Å². The Morgan fingerprint density at radius 3 is 2.42 bits per heavy atom. The molecular weight excluding hydrogens is 289 g/mol. The van der Waals surface area contributed by atoms with E-state index in [4.69, 9.17) is 23.2 Å². The first-order valence-corrected chi connectivity index (χ1v) is 5.97.